The second-order valence-electron chi connectivity index (χ2n) is 36.1. The number of aliphatic hydroxyl groups excluding tert-OH is 1. The number of hydrogen-bond donors (Lipinski definition) is 19. The molecule has 0 saturated carbocycles. The highest BCUT2D eigenvalue weighted by Gasteiger charge is 2.47. The van der Waals surface area contributed by atoms with E-state index in [-0.39, 0.29) is 108 Å². The van der Waals surface area contributed by atoms with Gasteiger partial charge in [-0.1, -0.05) is 116 Å². The van der Waals surface area contributed by atoms with E-state index in [1.807, 2.05) is 13.8 Å². The molecule has 3 aliphatic rings. The monoisotopic (exact) mass is 1900 g/mol. The van der Waals surface area contributed by atoms with E-state index in [0.717, 1.165) is 19.6 Å². The van der Waals surface area contributed by atoms with Crippen LogP contribution in [0.25, 0.3) is 21.8 Å². The van der Waals surface area contributed by atoms with Crippen molar-refractivity contribution in [1.29, 1.82) is 0 Å². The highest BCUT2D eigenvalue weighted by atomic mass is 16.4. The second kappa shape index (κ2) is 51.5. The number of primary amides is 2. The van der Waals surface area contributed by atoms with Crippen LogP contribution in [0.4, 0.5) is 0 Å². The molecule has 5 aromatic rings. The standard InChI is InChI=1S/C93H136N22O21/c1-11-13-26-72-86(129)103-63(36-51(3)4)83(126)109-70(81(124)100-46-77(97)119)45-98-47-78(120)101-66(38-54-30-32-57(116)33-31-54)89(132)110(8)53(7)80(123)105-68(42-76(96)118)91(134)114-35-21-29-73(114)87(130)108-69(43-95)85(128)106-65(37-52(5)6)92(135)115-49-58(117)41-75(115)88(131)104-64(39-55-44-99-61-24-17-15-22-59(55)61)84(127)102-62(25-19-20-34-94)82(125)107-67(90(133)112(10)74(27-14-12-2)93(136)111(72)9)40-56-48-113(50-79(121)122)71-28-18-16-23-60(56)71/h15-18,22-24,28,30-33,44,48,51-53,58,62-70,72-75,98-99,116-117H,11-14,19-21,25-27,29,34-43,45-47,49-50,94-95H2,1-10H3,(H2,96,118)(H2,97,119)(H,100,124)(H,101,120)(H,102,127)(H,103,129)(H,104,131)(H,105,123)(H,106,128)(H,107,125)(H,108,130)(H,109,126)(H,121,122)/t53-,58+,62-,63?,64-,65-,66-,67-,68-,69-,70-,72-,73-,74-,75-/m0/s1. The Kier molecular flexibility index (Phi) is 41.0. The van der Waals surface area contributed by atoms with E-state index in [4.69, 9.17) is 22.9 Å². The Morgan fingerprint density at radius 1 is 0.529 bits per heavy atom. The molecule has 136 heavy (non-hydrogen) atoms. The van der Waals surface area contributed by atoms with Crippen LogP contribution in [-0.2, 0) is 112 Å². The number of fused-ring (bicyclic) bond motifs is 4. The first-order valence-electron chi connectivity index (χ1n) is 46.5. The number of nitrogens with one attached hydrogen (secondary N) is 12. The zero-order valence-corrected chi connectivity index (χ0v) is 79.0. The summed E-state index contributed by atoms with van der Waals surface area (Å²) in [5.74, 6) is -17.9. The Labute approximate surface area is 789 Å². The number of amides is 17. The average molecular weight is 1900 g/mol. The number of phenolic OH excluding ortho intramolecular Hbond substituents is 1. The Balaban J connectivity index is 1.22. The number of carbonyl (C=O) groups excluding carboxylic acids is 17. The van der Waals surface area contributed by atoms with Gasteiger partial charge in [0.25, 0.3) is 0 Å². The number of hydrogen-bond acceptors (Lipinski definition) is 23. The summed E-state index contributed by atoms with van der Waals surface area (Å²) in [6.45, 7) is 8.38. The van der Waals surface area contributed by atoms with E-state index in [2.05, 4.69) is 63.5 Å². The third kappa shape index (κ3) is 30.2. The van der Waals surface area contributed by atoms with Gasteiger partial charge in [-0.25, -0.2) is 0 Å². The Hall–Kier alpha value is -13.2. The fourth-order valence-corrected chi connectivity index (χ4v) is 17.2. The van der Waals surface area contributed by atoms with Crippen LogP contribution in [0.2, 0.25) is 0 Å². The number of aromatic nitrogens is 2. The van der Waals surface area contributed by atoms with E-state index in [0.29, 0.717) is 70.6 Å². The van der Waals surface area contributed by atoms with E-state index in [1.54, 1.807) is 82.4 Å². The molecule has 0 aliphatic carbocycles. The molecule has 3 fully saturated rings. The lowest BCUT2D eigenvalue weighted by atomic mass is 9.99. The number of carboxylic acid groups (broad SMARTS) is 1. The Morgan fingerprint density at radius 3 is 1.73 bits per heavy atom. The normalized spacial score (nSPS) is 24.8. The van der Waals surface area contributed by atoms with Gasteiger partial charge in [0.2, 0.25) is 100 Å². The SMILES string of the molecule is CCCC[C@H]1C(=O)N(C)[C@@H](CCCC)C(=O)NC(CC(C)C)C(=O)N[C@H](C(=O)NCC(N)=O)CNCC(=O)N[C@@H](Cc2ccc(O)cc2)C(=O)N(C)[C@@H](C)C(=O)N[C@@H](CC(N)=O)C(=O)N2CCC[C@H]2C(=O)N[C@@H](CN)C(=O)N[C@@H](CC(C)C)C(=O)N2C[C@H](O)C[C@H]2C(=O)N[C@@H](Cc2c[nH]c3ccccc23)C(=O)N[C@@H](CCCCN)C(=O)N[C@@H](Cc2cn(CC(=O)O)c3ccccc23)C(=O)N1C. The van der Waals surface area contributed by atoms with Gasteiger partial charge in [-0.3, -0.25) is 86.3 Å². The quantitative estimate of drug-likeness (QED) is 0.0228. The summed E-state index contributed by atoms with van der Waals surface area (Å²) in [6, 6.07) is -2.14. The van der Waals surface area contributed by atoms with Crippen LogP contribution in [0.15, 0.2) is 85.2 Å². The van der Waals surface area contributed by atoms with Gasteiger partial charge < -0.3 is 131 Å². The van der Waals surface area contributed by atoms with Crippen molar-refractivity contribution < 1.29 is 102 Å². The minimum Gasteiger partial charge on any atom is -0.508 e. The van der Waals surface area contributed by atoms with Gasteiger partial charge in [0.05, 0.1) is 25.6 Å². The molecular weight excluding hydrogens is 1760 g/mol. The summed E-state index contributed by atoms with van der Waals surface area (Å²) in [5.41, 5.74) is 25.8. The topological polar surface area (TPSA) is 641 Å². The summed E-state index contributed by atoms with van der Waals surface area (Å²) >= 11 is 0. The average Bonchev–Trinajstić information content (AvgIpc) is 1.63. The van der Waals surface area contributed by atoms with Gasteiger partial charge in [-0.15, -0.1) is 0 Å². The zero-order valence-electron chi connectivity index (χ0n) is 79.0. The molecule has 23 N–H and O–H groups in total. The van der Waals surface area contributed by atoms with Crippen LogP contribution in [0.3, 0.4) is 0 Å². The highest BCUT2D eigenvalue weighted by Crippen LogP contribution is 2.29. The smallest absolute Gasteiger partial charge is 0.323 e. The number of aliphatic hydroxyl groups is 1. The van der Waals surface area contributed by atoms with Crippen molar-refractivity contribution in [3.8, 4) is 5.75 Å². The lowest BCUT2D eigenvalue weighted by Gasteiger charge is -2.36. The number of aromatic amines is 1. The third-order valence-corrected chi connectivity index (χ3v) is 24.7. The number of rotatable bonds is 28. The number of likely N-dealkylation sites (N-methyl/N-ethyl adjacent to an activating group) is 3. The number of benzene rings is 3. The number of para-hydroxylation sites is 2. The van der Waals surface area contributed by atoms with Gasteiger partial charge >= 0.3 is 5.97 Å². The van der Waals surface area contributed by atoms with Crippen LogP contribution in [0.5, 0.6) is 5.75 Å². The van der Waals surface area contributed by atoms with Gasteiger partial charge in [0.15, 0.2) is 0 Å². The fraction of sp³-hybridized carbons (Fsp3) is 0.570. The first-order chi connectivity index (χ1) is 64.6. The number of phenols is 1. The van der Waals surface area contributed by atoms with E-state index in [1.165, 1.54) is 68.0 Å². The Morgan fingerprint density at radius 2 is 1.08 bits per heavy atom. The summed E-state index contributed by atoms with van der Waals surface area (Å²) in [6.07, 6.45) is 1.66. The number of carbonyl (C=O) groups is 18. The van der Waals surface area contributed by atoms with Crippen molar-refractivity contribution in [2.45, 2.75) is 261 Å². The summed E-state index contributed by atoms with van der Waals surface area (Å²) < 4.78 is 1.45. The van der Waals surface area contributed by atoms with Gasteiger partial charge in [0, 0.05) is 107 Å². The molecule has 5 heterocycles. The van der Waals surface area contributed by atoms with Crippen molar-refractivity contribution >= 4 is 128 Å². The van der Waals surface area contributed by atoms with Gasteiger partial charge in [0.1, 0.15) is 96.9 Å². The van der Waals surface area contributed by atoms with Gasteiger partial charge in [-0.2, -0.15) is 0 Å². The lowest BCUT2D eigenvalue weighted by Crippen LogP contribution is -2.61. The first-order valence-corrected chi connectivity index (χ1v) is 46.5. The molecule has 8 rings (SSSR count). The number of unbranched alkanes of at least 4 members (excludes halogenated alkanes) is 3. The molecule has 0 spiro atoms. The molecule has 1 unspecified atom stereocenters. The predicted octanol–water partition coefficient (Wildman–Crippen LogP) is -2.60. The largest absolute Gasteiger partial charge is 0.508 e. The summed E-state index contributed by atoms with van der Waals surface area (Å²) in [7, 11) is 3.92. The van der Waals surface area contributed by atoms with Crippen LogP contribution < -0.4 is 81.4 Å². The maximum Gasteiger partial charge on any atom is 0.323 e. The summed E-state index contributed by atoms with van der Waals surface area (Å²) in [5, 5.41) is 62.4. The molecule has 2 aromatic heterocycles. The van der Waals surface area contributed by atoms with Crippen LogP contribution in [0.1, 0.15) is 161 Å². The maximum absolute atomic E-state index is 16.1. The second-order valence-corrected chi connectivity index (χ2v) is 36.1. The number of carboxylic acids is 1. The number of nitrogens with zero attached hydrogens (tertiary/aromatic N) is 6. The number of nitrogens with two attached hydrogens (primary N) is 4. The lowest BCUT2D eigenvalue weighted by molar-refractivity contribution is -0.149. The molecule has 3 saturated heterocycles. The minimum absolute atomic E-state index is 0.00118. The van der Waals surface area contributed by atoms with Crippen molar-refractivity contribution in [1.82, 2.24) is 92.5 Å². The molecular formula is C93H136N22O21. The molecule has 43 nitrogen and oxygen atoms in total. The van der Waals surface area contributed by atoms with E-state index in [9.17, 15) is 68.1 Å². The van der Waals surface area contributed by atoms with Crippen LogP contribution >= 0.6 is 0 Å². The van der Waals surface area contributed by atoms with Crippen molar-refractivity contribution in [3.05, 3.63) is 102 Å². The van der Waals surface area contributed by atoms with Gasteiger partial charge in [-0.05, 0) is 124 Å². The van der Waals surface area contributed by atoms with Crippen LogP contribution in [0, 0.1) is 11.8 Å². The predicted molar refractivity (Wildman–Crippen MR) is 499 cm³/mol. The zero-order chi connectivity index (χ0) is 100. The van der Waals surface area contributed by atoms with Crippen molar-refractivity contribution in [3.63, 3.8) is 0 Å². The number of aliphatic carboxylic acids is 1. The molecule has 43 heteroatoms. The Bertz CT molecular complexity index is 5080. The molecule has 3 aromatic carbocycles. The van der Waals surface area contributed by atoms with Crippen molar-refractivity contribution in [2.24, 2.45) is 34.8 Å². The highest BCUT2D eigenvalue weighted by molar-refractivity contribution is 6.03. The first kappa shape index (κ1) is 108. The number of aromatic hydroxyl groups is 1. The molecule has 3 aliphatic heterocycles. The molecule has 17 amide bonds. The molecule has 0 radical (unpaired) electrons. The minimum atomic E-state index is -1.77. The molecule has 744 valence electrons. The molecule has 0 bridgehead atoms. The van der Waals surface area contributed by atoms with Crippen LogP contribution in [-0.4, -0.2) is 313 Å². The molecule has 15 atom stereocenters. The maximum atomic E-state index is 16.1. The van der Waals surface area contributed by atoms with Crippen molar-refractivity contribution in [2.75, 3.05) is 67.0 Å². The fourth-order valence-electron chi connectivity index (χ4n) is 17.2. The van der Waals surface area contributed by atoms with E-state index >= 15 is 33.6 Å². The number of H-pyrrole nitrogens is 1. The third-order valence-electron chi connectivity index (χ3n) is 24.7. The summed E-state index contributed by atoms with van der Waals surface area (Å²) in [4.78, 5) is 271. The van der Waals surface area contributed by atoms with E-state index < -0.39 is 243 Å².